The molecule has 0 aromatic rings. The molecule has 2 aliphatic heterocycles. The van der Waals surface area contributed by atoms with Gasteiger partial charge in [-0.1, -0.05) is 134 Å². The lowest BCUT2D eigenvalue weighted by atomic mass is 9.97. The average Bonchev–Trinajstić information content (AvgIpc) is 3.26. The lowest BCUT2D eigenvalue weighted by Crippen LogP contribution is -2.65. The van der Waals surface area contributed by atoms with E-state index in [2.05, 4.69) is 43.5 Å². The third-order valence-electron chi connectivity index (χ3n) is 11.5. The highest BCUT2D eigenvalue weighted by atomic mass is 16.7. The number of aliphatic hydroxyl groups is 8. The van der Waals surface area contributed by atoms with Crippen molar-refractivity contribution in [1.82, 2.24) is 5.32 Å². The summed E-state index contributed by atoms with van der Waals surface area (Å²) >= 11 is 0. The van der Waals surface area contributed by atoms with Crippen LogP contribution < -0.4 is 5.32 Å². The summed E-state index contributed by atoms with van der Waals surface area (Å²) in [5.41, 5.74) is 0. The number of carbonyl (C=O) groups excluding carboxylic acids is 1. The lowest BCUT2D eigenvalue weighted by Gasteiger charge is -2.46. The largest absolute Gasteiger partial charge is 0.394 e. The molecule has 2 aliphatic rings. The predicted molar refractivity (Wildman–Crippen MR) is 235 cm³/mol. The Balaban J connectivity index is 1.87. The van der Waals surface area contributed by atoms with Crippen molar-refractivity contribution in [3.63, 3.8) is 0 Å². The van der Waals surface area contributed by atoms with E-state index in [9.17, 15) is 45.6 Å². The summed E-state index contributed by atoms with van der Waals surface area (Å²) in [5, 5.41) is 86.4. The smallest absolute Gasteiger partial charge is 0.220 e. The maximum Gasteiger partial charge on any atom is 0.220 e. The van der Waals surface area contributed by atoms with E-state index in [0.29, 0.717) is 12.8 Å². The van der Waals surface area contributed by atoms with Crippen molar-refractivity contribution in [3.8, 4) is 0 Å². The van der Waals surface area contributed by atoms with Gasteiger partial charge in [0.1, 0.15) is 48.8 Å². The van der Waals surface area contributed by atoms with Gasteiger partial charge in [-0.05, 0) is 57.8 Å². The minimum absolute atomic E-state index is 0.258. The molecular formula is C47H85NO13. The maximum absolute atomic E-state index is 13.1. The van der Waals surface area contributed by atoms with E-state index >= 15 is 0 Å². The molecule has 1 amide bonds. The molecule has 0 aliphatic carbocycles. The van der Waals surface area contributed by atoms with E-state index in [1.54, 1.807) is 6.08 Å². The number of amides is 1. The van der Waals surface area contributed by atoms with Gasteiger partial charge < -0.3 is 65.1 Å². The number of ether oxygens (including phenoxy) is 4. The topological polar surface area (TPSA) is 228 Å². The molecule has 0 aromatic carbocycles. The highest BCUT2D eigenvalue weighted by Gasteiger charge is 2.50. The van der Waals surface area contributed by atoms with E-state index in [1.165, 1.54) is 89.9 Å². The molecule has 12 unspecified atom stereocenters. The first-order valence-electron chi connectivity index (χ1n) is 23.7. The highest BCUT2D eigenvalue weighted by molar-refractivity contribution is 5.76. The standard InChI is InChI=1S/C47H85NO13/c1-3-5-7-9-11-13-15-16-17-18-19-20-21-23-25-27-29-31-39(52)48-35(36(51)30-28-26-24-22-14-12-10-8-6-4-2)34-58-46-44(57)42(55)45(38(33-50)60-46)61-47-43(56)41(54)40(53)37(32-49)59-47/h14,16-17,22,28,30,35-38,40-47,49-51,53-57H,3-13,15,18-21,23-27,29,31-34H2,1-2H3,(H,48,52)/b17-16-,22-14+,30-28+. The van der Waals surface area contributed by atoms with Gasteiger partial charge in [0.25, 0.3) is 0 Å². The molecule has 0 spiro atoms. The second-order valence-electron chi connectivity index (χ2n) is 16.9. The van der Waals surface area contributed by atoms with Gasteiger partial charge >= 0.3 is 0 Å². The molecule has 0 saturated carbocycles. The van der Waals surface area contributed by atoms with Crippen LogP contribution in [-0.2, 0) is 23.7 Å². The molecule has 14 nitrogen and oxygen atoms in total. The Morgan fingerprint density at radius 1 is 0.574 bits per heavy atom. The molecule has 0 aromatic heterocycles. The zero-order valence-corrected chi connectivity index (χ0v) is 37.4. The van der Waals surface area contributed by atoms with Gasteiger partial charge in [-0.25, -0.2) is 0 Å². The number of carbonyl (C=O) groups is 1. The Hall–Kier alpha value is -1.79. The molecule has 0 radical (unpaired) electrons. The number of hydrogen-bond donors (Lipinski definition) is 9. The van der Waals surface area contributed by atoms with Crippen molar-refractivity contribution in [1.29, 1.82) is 0 Å². The SMILES string of the molecule is CCCCCC/C=C/CC/C=C/C(O)C(COC1OC(CO)C(OC2OC(CO)C(O)C(O)C2O)C(O)C1O)NC(=O)CCCCCCCCC/C=C\CCCCCCCC. The van der Waals surface area contributed by atoms with Crippen molar-refractivity contribution in [3.05, 3.63) is 36.5 Å². The normalized spacial score (nSPS) is 28.3. The van der Waals surface area contributed by atoms with Crippen LogP contribution in [0.15, 0.2) is 36.5 Å². The molecular weight excluding hydrogens is 787 g/mol. The fourth-order valence-corrected chi connectivity index (χ4v) is 7.59. The van der Waals surface area contributed by atoms with Gasteiger partial charge in [-0.2, -0.15) is 0 Å². The minimum Gasteiger partial charge on any atom is -0.394 e. The molecule has 14 heteroatoms. The summed E-state index contributed by atoms with van der Waals surface area (Å²) in [6.07, 6.45) is 20.6. The molecule has 2 rings (SSSR count). The van der Waals surface area contributed by atoms with Gasteiger partial charge in [0, 0.05) is 6.42 Å². The van der Waals surface area contributed by atoms with E-state index in [1.807, 2.05) is 6.08 Å². The van der Waals surface area contributed by atoms with E-state index in [-0.39, 0.29) is 18.9 Å². The second kappa shape index (κ2) is 34.6. The number of rotatable bonds is 35. The van der Waals surface area contributed by atoms with Crippen LogP contribution in [0.2, 0.25) is 0 Å². The second-order valence-corrected chi connectivity index (χ2v) is 16.9. The van der Waals surface area contributed by atoms with Crippen LogP contribution in [0.4, 0.5) is 0 Å². The third kappa shape index (κ3) is 22.6. The molecule has 61 heavy (non-hydrogen) atoms. The Morgan fingerprint density at radius 2 is 1.05 bits per heavy atom. The third-order valence-corrected chi connectivity index (χ3v) is 11.5. The first-order valence-corrected chi connectivity index (χ1v) is 23.7. The quantitative estimate of drug-likeness (QED) is 0.0297. The number of allylic oxidation sites excluding steroid dienone is 5. The summed E-state index contributed by atoms with van der Waals surface area (Å²) in [4.78, 5) is 13.1. The highest BCUT2D eigenvalue weighted by Crippen LogP contribution is 2.30. The van der Waals surface area contributed by atoms with Crippen molar-refractivity contribution in [2.24, 2.45) is 0 Å². The summed E-state index contributed by atoms with van der Waals surface area (Å²) in [5.74, 6) is -0.258. The monoisotopic (exact) mass is 872 g/mol. The predicted octanol–water partition coefficient (Wildman–Crippen LogP) is 5.15. The van der Waals surface area contributed by atoms with Gasteiger partial charge in [0.2, 0.25) is 5.91 Å². The first-order chi connectivity index (χ1) is 29.6. The van der Waals surface area contributed by atoms with Crippen LogP contribution in [0.5, 0.6) is 0 Å². The van der Waals surface area contributed by atoms with Crippen LogP contribution in [0.3, 0.4) is 0 Å². The zero-order valence-electron chi connectivity index (χ0n) is 37.4. The lowest BCUT2D eigenvalue weighted by molar-refractivity contribution is -0.359. The maximum atomic E-state index is 13.1. The van der Waals surface area contributed by atoms with Crippen molar-refractivity contribution < 1.29 is 64.6 Å². The average molecular weight is 872 g/mol. The fourth-order valence-electron chi connectivity index (χ4n) is 7.59. The minimum atomic E-state index is -1.79. The van der Waals surface area contributed by atoms with E-state index in [0.717, 1.165) is 38.5 Å². The molecule has 2 heterocycles. The van der Waals surface area contributed by atoms with Crippen molar-refractivity contribution in [2.45, 2.75) is 235 Å². The Bertz CT molecular complexity index is 1170. The van der Waals surface area contributed by atoms with Crippen LogP contribution in [0.25, 0.3) is 0 Å². The van der Waals surface area contributed by atoms with Gasteiger partial charge in [0.05, 0.1) is 32.0 Å². The van der Waals surface area contributed by atoms with Gasteiger partial charge in [-0.3, -0.25) is 4.79 Å². The molecule has 12 atom stereocenters. The molecule has 356 valence electrons. The number of hydrogen-bond acceptors (Lipinski definition) is 13. The van der Waals surface area contributed by atoms with Gasteiger partial charge in [0.15, 0.2) is 12.6 Å². The summed E-state index contributed by atoms with van der Waals surface area (Å²) in [6.45, 7) is 2.70. The van der Waals surface area contributed by atoms with Crippen LogP contribution in [0.1, 0.15) is 162 Å². The molecule has 2 fully saturated rings. The summed E-state index contributed by atoms with van der Waals surface area (Å²) in [7, 11) is 0. The first kappa shape index (κ1) is 55.3. The Labute approximate surface area is 366 Å². The molecule has 9 N–H and O–H groups in total. The van der Waals surface area contributed by atoms with Crippen LogP contribution in [-0.4, -0.2) is 140 Å². The zero-order chi connectivity index (χ0) is 44.7. The van der Waals surface area contributed by atoms with Crippen LogP contribution in [0, 0.1) is 0 Å². The number of nitrogens with one attached hydrogen (secondary N) is 1. The number of unbranched alkanes of at least 4 members (excludes halogenated alkanes) is 18. The van der Waals surface area contributed by atoms with Crippen LogP contribution >= 0.6 is 0 Å². The van der Waals surface area contributed by atoms with E-state index in [4.69, 9.17) is 18.9 Å². The van der Waals surface area contributed by atoms with Crippen molar-refractivity contribution >= 4 is 5.91 Å². The Kier molecular flexibility index (Phi) is 31.4. The summed E-state index contributed by atoms with van der Waals surface area (Å²) in [6, 6.07) is -0.929. The van der Waals surface area contributed by atoms with E-state index < -0.39 is 86.8 Å². The van der Waals surface area contributed by atoms with Crippen molar-refractivity contribution in [2.75, 3.05) is 19.8 Å². The summed E-state index contributed by atoms with van der Waals surface area (Å²) < 4.78 is 22.6. The molecule has 0 bridgehead atoms. The molecule has 2 saturated heterocycles. The fraction of sp³-hybridized carbons (Fsp3) is 0.851. The number of aliphatic hydroxyl groups excluding tert-OH is 8. The Morgan fingerprint density at radius 3 is 1.62 bits per heavy atom. The van der Waals surface area contributed by atoms with Gasteiger partial charge in [-0.15, -0.1) is 0 Å².